The maximum atomic E-state index is 12.0. The number of carbonyl (C=O) groups excluding carboxylic acids is 2. The molecule has 2 rings (SSSR count). The Hall–Kier alpha value is -1.45. The Morgan fingerprint density at radius 1 is 1.60 bits per heavy atom. The van der Waals surface area contributed by atoms with Crippen LogP contribution in [0.15, 0.2) is 6.20 Å². The third-order valence-corrected chi connectivity index (χ3v) is 2.87. The van der Waals surface area contributed by atoms with Gasteiger partial charge in [0.1, 0.15) is 11.5 Å². The lowest BCUT2D eigenvalue weighted by molar-refractivity contribution is -0.119. The number of hydrogen-bond acceptors (Lipinski definition) is 3. The van der Waals surface area contributed by atoms with Crippen LogP contribution in [0.1, 0.15) is 35.3 Å². The van der Waals surface area contributed by atoms with Gasteiger partial charge in [0.05, 0.1) is 5.92 Å². The van der Waals surface area contributed by atoms with E-state index in [2.05, 4.69) is 5.10 Å². The molecule has 15 heavy (non-hydrogen) atoms. The SMILES string of the molecule is Cc1cn(C)nc1C(=O)C1CCCC1=O. The summed E-state index contributed by atoms with van der Waals surface area (Å²) >= 11 is 0. The van der Waals surface area contributed by atoms with E-state index in [4.69, 9.17) is 0 Å². The first kappa shape index (κ1) is 10.1. The van der Waals surface area contributed by atoms with Gasteiger partial charge in [0.25, 0.3) is 0 Å². The fourth-order valence-corrected chi connectivity index (χ4v) is 2.11. The number of Topliss-reactive ketones (excluding diaryl/α,β-unsaturated/α-hetero) is 2. The number of hydrogen-bond donors (Lipinski definition) is 0. The Balaban J connectivity index is 2.28. The molecular weight excluding hydrogens is 192 g/mol. The van der Waals surface area contributed by atoms with Gasteiger partial charge in [-0.3, -0.25) is 14.3 Å². The van der Waals surface area contributed by atoms with Gasteiger partial charge in [0.2, 0.25) is 0 Å². The standard InChI is InChI=1S/C11H14N2O2/c1-7-6-13(2)12-10(7)11(15)8-4-3-5-9(8)14/h6,8H,3-5H2,1-2H3. The third kappa shape index (κ3) is 1.71. The average Bonchev–Trinajstić information content (AvgIpc) is 2.71. The van der Waals surface area contributed by atoms with E-state index in [0.29, 0.717) is 18.5 Å². The molecule has 1 unspecified atom stereocenters. The summed E-state index contributed by atoms with van der Waals surface area (Å²) in [6.45, 7) is 1.85. The second-order valence-electron chi connectivity index (χ2n) is 4.11. The Morgan fingerprint density at radius 3 is 2.80 bits per heavy atom. The summed E-state index contributed by atoms with van der Waals surface area (Å²) in [5, 5.41) is 4.10. The molecular formula is C11H14N2O2. The first-order valence-corrected chi connectivity index (χ1v) is 5.17. The Morgan fingerprint density at radius 2 is 2.33 bits per heavy atom. The van der Waals surface area contributed by atoms with E-state index < -0.39 is 5.92 Å². The molecule has 0 saturated heterocycles. The highest BCUT2D eigenvalue weighted by Gasteiger charge is 2.33. The van der Waals surface area contributed by atoms with Crippen molar-refractivity contribution < 1.29 is 9.59 Å². The summed E-state index contributed by atoms with van der Waals surface area (Å²) < 4.78 is 1.61. The van der Waals surface area contributed by atoms with Crippen molar-refractivity contribution in [3.8, 4) is 0 Å². The number of rotatable bonds is 2. The van der Waals surface area contributed by atoms with E-state index in [1.54, 1.807) is 17.9 Å². The van der Waals surface area contributed by atoms with Crippen LogP contribution in [0.2, 0.25) is 0 Å². The van der Waals surface area contributed by atoms with Gasteiger partial charge >= 0.3 is 0 Å². The summed E-state index contributed by atoms with van der Waals surface area (Å²) in [7, 11) is 1.78. The van der Waals surface area contributed by atoms with E-state index in [1.807, 2.05) is 6.92 Å². The zero-order valence-corrected chi connectivity index (χ0v) is 8.99. The Kier molecular flexibility index (Phi) is 2.42. The van der Waals surface area contributed by atoms with Crippen molar-refractivity contribution in [3.63, 3.8) is 0 Å². The molecule has 1 aromatic rings. The lowest BCUT2D eigenvalue weighted by atomic mass is 9.98. The largest absolute Gasteiger partial charge is 0.299 e. The average molecular weight is 206 g/mol. The van der Waals surface area contributed by atoms with Gasteiger partial charge in [0.15, 0.2) is 5.78 Å². The molecule has 1 aromatic heterocycles. The van der Waals surface area contributed by atoms with Gasteiger partial charge < -0.3 is 0 Å². The third-order valence-electron chi connectivity index (χ3n) is 2.87. The second-order valence-corrected chi connectivity index (χ2v) is 4.11. The molecule has 0 amide bonds. The molecule has 0 aromatic carbocycles. The van der Waals surface area contributed by atoms with Crippen LogP contribution in [0.4, 0.5) is 0 Å². The van der Waals surface area contributed by atoms with Crippen molar-refractivity contribution in [2.75, 3.05) is 0 Å². The van der Waals surface area contributed by atoms with Gasteiger partial charge in [-0.2, -0.15) is 5.10 Å². The van der Waals surface area contributed by atoms with Crippen LogP contribution in [0.25, 0.3) is 0 Å². The smallest absolute Gasteiger partial charge is 0.193 e. The van der Waals surface area contributed by atoms with Crippen LogP contribution < -0.4 is 0 Å². The molecule has 1 aliphatic carbocycles. The van der Waals surface area contributed by atoms with Gasteiger partial charge in [-0.1, -0.05) is 0 Å². The van der Waals surface area contributed by atoms with E-state index in [0.717, 1.165) is 12.0 Å². The molecule has 0 radical (unpaired) electrons. The highest BCUT2D eigenvalue weighted by atomic mass is 16.2. The quantitative estimate of drug-likeness (QED) is 0.541. The summed E-state index contributed by atoms with van der Waals surface area (Å²) in [5.74, 6) is -0.459. The minimum absolute atomic E-state index is 0.0741. The minimum atomic E-state index is -0.432. The molecule has 4 nitrogen and oxygen atoms in total. The molecule has 1 aliphatic rings. The summed E-state index contributed by atoms with van der Waals surface area (Å²) in [5.41, 5.74) is 1.31. The van der Waals surface area contributed by atoms with E-state index >= 15 is 0 Å². The molecule has 1 heterocycles. The van der Waals surface area contributed by atoms with Gasteiger partial charge in [-0.15, -0.1) is 0 Å². The van der Waals surface area contributed by atoms with Crippen molar-refractivity contribution >= 4 is 11.6 Å². The van der Waals surface area contributed by atoms with Crippen molar-refractivity contribution in [3.05, 3.63) is 17.5 Å². The monoisotopic (exact) mass is 206 g/mol. The van der Waals surface area contributed by atoms with Crippen molar-refractivity contribution in [1.29, 1.82) is 0 Å². The van der Waals surface area contributed by atoms with Gasteiger partial charge in [0, 0.05) is 19.7 Å². The molecule has 4 heteroatoms. The number of aromatic nitrogens is 2. The lowest BCUT2D eigenvalue weighted by Gasteiger charge is -2.04. The van der Waals surface area contributed by atoms with Crippen LogP contribution in [-0.4, -0.2) is 21.3 Å². The zero-order valence-electron chi connectivity index (χ0n) is 8.99. The zero-order chi connectivity index (χ0) is 11.0. The van der Waals surface area contributed by atoms with E-state index in [-0.39, 0.29) is 11.6 Å². The number of aryl methyl sites for hydroxylation is 2. The molecule has 80 valence electrons. The highest BCUT2D eigenvalue weighted by Crippen LogP contribution is 2.25. The Labute approximate surface area is 88.3 Å². The minimum Gasteiger partial charge on any atom is -0.299 e. The van der Waals surface area contributed by atoms with Crippen LogP contribution in [0.5, 0.6) is 0 Å². The fourth-order valence-electron chi connectivity index (χ4n) is 2.11. The predicted octanol–water partition coefficient (Wildman–Crippen LogP) is 1.28. The number of carbonyl (C=O) groups is 2. The van der Waals surface area contributed by atoms with Crippen LogP contribution in [0, 0.1) is 12.8 Å². The van der Waals surface area contributed by atoms with Gasteiger partial charge in [-0.25, -0.2) is 0 Å². The van der Waals surface area contributed by atoms with E-state index in [1.165, 1.54) is 0 Å². The first-order chi connectivity index (χ1) is 7.09. The van der Waals surface area contributed by atoms with Crippen LogP contribution in [0.3, 0.4) is 0 Å². The Bertz CT molecular complexity index is 420. The van der Waals surface area contributed by atoms with E-state index in [9.17, 15) is 9.59 Å². The number of nitrogens with zero attached hydrogens (tertiary/aromatic N) is 2. The maximum Gasteiger partial charge on any atom is 0.193 e. The van der Waals surface area contributed by atoms with Crippen LogP contribution >= 0.6 is 0 Å². The molecule has 0 N–H and O–H groups in total. The molecule has 1 fully saturated rings. The fraction of sp³-hybridized carbons (Fsp3) is 0.545. The second kappa shape index (κ2) is 3.61. The van der Waals surface area contributed by atoms with Crippen molar-refractivity contribution in [1.82, 2.24) is 9.78 Å². The molecule has 0 bridgehead atoms. The lowest BCUT2D eigenvalue weighted by Crippen LogP contribution is -2.20. The number of ketones is 2. The summed E-state index contributed by atoms with van der Waals surface area (Å²) in [4.78, 5) is 23.4. The summed E-state index contributed by atoms with van der Waals surface area (Å²) in [6.07, 6.45) is 3.86. The maximum absolute atomic E-state index is 12.0. The summed E-state index contributed by atoms with van der Waals surface area (Å²) in [6, 6.07) is 0. The predicted molar refractivity (Wildman–Crippen MR) is 54.6 cm³/mol. The van der Waals surface area contributed by atoms with Crippen molar-refractivity contribution in [2.45, 2.75) is 26.2 Å². The van der Waals surface area contributed by atoms with Crippen LogP contribution in [-0.2, 0) is 11.8 Å². The normalized spacial score (nSPS) is 20.9. The van der Waals surface area contributed by atoms with Crippen molar-refractivity contribution in [2.24, 2.45) is 13.0 Å². The highest BCUT2D eigenvalue weighted by molar-refractivity contribution is 6.11. The molecule has 1 atom stereocenters. The molecule has 1 saturated carbocycles. The first-order valence-electron chi connectivity index (χ1n) is 5.17. The molecule has 0 aliphatic heterocycles. The topological polar surface area (TPSA) is 52.0 Å². The van der Waals surface area contributed by atoms with Gasteiger partial charge in [-0.05, 0) is 25.3 Å². The molecule has 0 spiro atoms.